The lowest BCUT2D eigenvalue weighted by Crippen LogP contribution is -2.36. The van der Waals surface area contributed by atoms with E-state index in [0.29, 0.717) is 31.3 Å². The third-order valence-corrected chi connectivity index (χ3v) is 5.66. The quantitative estimate of drug-likeness (QED) is 0.666. The minimum absolute atomic E-state index is 0.0295. The lowest BCUT2D eigenvalue weighted by molar-refractivity contribution is -0.116. The van der Waals surface area contributed by atoms with Gasteiger partial charge in [0, 0.05) is 43.9 Å². The molecule has 2 aliphatic heterocycles. The first-order chi connectivity index (χ1) is 15.2. The second-order valence-corrected chi connectivity index (χ2v) is 8.09. The molecule has 2 aliphatic rings. The van der Waals surface area contributed by atoms with Gasteiger partial charge < -0.3 is 25.0 Å². The summed E-state index contributed by atoms with van der Waals surface area (Å²) in [5.74, 6) is 3.74. The standard InChI is InChI=1S/C23H31N5O3/c1-2-9-24-21-14-22(26-16-25-21)28-10-3-4-17(15-28)5-8-23(29)27-18-6-7-19-20(13-18)31-12-11-30-19/h6-7,13-14,16-17H,2-5,8-12,15H2,1H3,(H,27,29)(H,24,25,26)/t17-/m0/s1. The highest BCUT2D eigenvalue weighted by atomic mass is 16.6. The Balaban J connectivity index is 1.27. The minimum Gasteiger partial charge on any atom is -0.486 e. The molecular weight excluding hydrogens is 394 g/mol. The van der Waals surface area contributed by atoms with Gasteiger partial charge in [-0.25, -0.2) is 9.97 Å². The van der Waals surface area contributed by atoms with Crippen LogP contribution in [0.2, 0.25) is 0 Å². The van der Waals surface area contributed by atoms with Crippen molar-refractivity contribution in [1.29, 1.82) is 0 Å². The molecule has 3 heterocycles. The van der Waals surface area contributed by atoms with Gasteiger partial charge in [-0.15, -0.1) is 0 Å². The molecule has 0 spiro atoms. The summed E-state index contributed by atoms with van der Waals surface area (Å²) >= 11 is 0. The van der Waals surface area contributed by atoms with Gasteiger partial charge in [0.05, 0.1) is 0 Å². The van der Waals surface area contributed by atoms with Crippen LogP contribution in [0.1, 0.15) is 39.0 Å². The first kappa shape index (κ1) is 21.2. The number of hydrogen-bond donors (Lipinski definition) is 2. The summed E-state index contributed by atoms with van der Waals surface area (Å²) < 4.78 is 11.1. The number of ether oxygens (including phenoxy) is 2. The number of benzene rings is 1. The largest absolute Gasteiger partial charge is 0.486 e. The number of anilines is 3. The van der Waals surface area contributed by atoms with Crippen molar-refractivity contribution in [2.75, 3.05) is 48.4 Å². The number of hydrogen-bond acceptors (Lipinski definition) is 7. The number of rotatable bonds is 8. The number of carbonyl (C=O) groups excluding carboxylic acids is 1. The maximum Gasteiger partial charge on any atom is 0.224 e. The second-order valence-electron chi connectivity index (χ2n) is 8.09. The van der Waals surface area contributed by atoms with Crippen LogP contribution in [0.15, 0.2) is 30.6 Å². The predicted octanol–water partition coefficient (Wildman–Crippen LogP) is 3.71. The summed E-state index contributed by atoms with van der Waals surface area (Å²) in [5, 5.41) is 6.30. The molecule has 2 aromatic rings. The fraction of sp³-hybridized carbons (Fsp3) is 0.522. The topological polar surface area (TPSA) is 88.6 Å². The Bertz CT molecular complexity index is 891. The molecule has 8 heteroatoms. The molecule has 1 atom stereocenters. The van der Waals surface area contributed by atoms with Crippen LogP contribution in [0.4, 0.5) is 17.3 Å². The first-order valence-electron chi connectivity index (χ1n) is 11.2. The Morgan fingerprint density at radius 3 is 2.94 bits per heavy atom. The molecule has 1 aromatic carbocycles. The fourth-order valence-electron chi connectivity index (χ4n) is 4.06. The highest BCUT2D eigenvalue weighted by Gasteiger charge is 2.22. The molecule has 0 radical (unpaired) electrons. The summed E-state index contributed by atoms with van der Waals surface area (Å²) in [6, 6.07) is 7.54. The predicted molar refractivity (Wildman–Crippen MR) is 121 cm³/mol. The van der Waals surface area contributed by atoms with Crippen LogP contribution in [-0.2, 0) is 4.79 Å². The molecule has 2 N–H and O–H groups in total. The van der Waals surface area contributed by atoms with E-state index in [-0.39, 0.29) is 5.91 Å². The van der Waals surface area contributed by atoms with E-state index in [4.69, 9.17) is 9.47 Å². The number of fused-ring (bicyclic) bond motifs is 1. The summed E-state index contributed by atoms with van der Waals surface area (Å²) in [4.78, 5) is 23.6. The van der Waals surface area contributed by atoms with Crippen LogP contribution < -0.4 is 25.0 Å². The zero-order valence-electron chi connectivity index (χ0n) is 18.1. The smallest absolute Gasteiger partial charge is 0.224 e. The van der Waals surface area contributed by atoms with Gasteiger partial charge in [-0.1, -0.05) is 6.92 Å². The molecular formula is C23H31N5O3. The van der Waals surface area contributed by atoms with E-state index in [0.717, 1.165) is 68.4 Å². The van der Waals surface area contributed by atoms with Crippen molar-refractivity contribution in [1.82, 2.24) is 9.97 Å². The van der Waals surface area contributed by atoms with Crippen molar-refractivity contribution in [3.8, 4) is 11.5 Å². The van der Waals surface area contributed by atoms with Crippen LogP contribution in [-0.4, -0.2) is 48.7 Å². The van der Waals surface area contributed by atoms with E-state index in [1.807, 2.05) is 24.3 Å². The molecule has 0 saturated carbocycles. The molecule has 8 nitrogen and oxygen atoms in total. The van der Waals surface area contributed by atoms with Crippen LogP contribution >= 0.6 is 0 Å². The highest BCUT2D eigenvalue weighted by Crippen LogP contribution is 2.33. The average molecular weight is 426 g/mol. The highest BCUT2D eigenvalue weighted by molar-refractivity contribution is 5.91. The summed E-state index contributed by atoms with van der Waals surface area (Å²) in [6.45, 7) is 6.03. The van der Waals surface area contributed by atoms with Gasteiger partial charge in [0.1, 0.15) is 31.2 Å². The Labute approximate surface area is 183 Å². The molecule has 31 heavy (non-hydrogen) atoms. The van der Waals surface area contributed by atoms with E-state index < -0.39 is 0 Å². The molecule has 166 valence electrons. The number of nitrogens with one attached hydrogen (secondary N) is 2. The van der Waals surface area contributed by atoms with Crippen molar-refractivity contribution < 1.29 is 14.3 Å². The molecule has 4 rings (SSSR count). The molecule has 1 fully saturated rings. The zero-order valence-corrected chi connectivity index (χ0v) is 18.1. The molecule has 0 bridgehead atoms. The molecule has 1 aromatic heterocycles. The Kier molecular flexibility index (Phi) is 7.07. The third-order valence-electron chi connectivity index (χ3n) is 5.66. The molecule has 1 amide bonds. The van der Waals surface area contributed by atoms with E-state index >= 15 is 0 Å². The van der Waals surface area contributed by atoms with Gasteiger partial charge in [0.15, 0.2) is 11.5 Å². The van der Waals surface area contributed by atoms with Gasteiger partial charge in [0.2, 0.25) is 5.91 Å². The van der Waals surface area contributed by atoms with E-state index in [1.54, 1.807) is 6.33 Å². The van der Waals surface area contributed by atoms with Crippen LogP contribution in [0.25, 0.3) is 0 Å². The maximum absolute atomic E-state index is 12.5. The van der Waals surface area contributed by atoms with Gasteiger partial charge in [-0.2, -0.15) is 0 Å². The van der Waals surface area contributed by atoms with Crippen LogP contribution in [0, 0.1) is 5.92 Å². The third kappa shape index (κ3) is 5.77. The zero-order chi connectivity index (χ0) is 21.5. The minimum atomic E-state index is 0.0295. The number of nitrogens with zero attached hydrogens (tertiary/aromatic N) is 3. The fourth-order valence-corrected chi connectivity index (χ4v) is 4.06. The lowest BCUT2D eigenvalue weighted by Gasteiger charge is -2.33. The van der Waals surface area contributed by atoms with E-state index in [9.17, 15) is 4.79 Å². The monoisotopic (exact) mass is 425 g/mol. The number of amides is 1. The van der Waals surface area contributed by atoms with Crippen molar-refractivity contribution >= 4 is 23.2 Å². The van der Waals surface area contributed by atoms with Crippen molar-refractivity contribution in [3.05, 3.63) is 30.6 Å². The summed E-state index contributed by atoms with van der Waals surface area (Å²) in [7, 11) is 0. The molecule has 0 aliphatic carbocycles. The number of piperidine rings is 1. The Morgan fingerprint density at radius 2 is 2.06 bits per heavy atom. The number of carbonyl (C=O) groups is 1. The Hall–Kier alpha value is -3.03. The van der Waals surface area contributed by atoms with Crippen molar-refractivity contribution in [2.24, 2.45) is 5.92 Å². The lowest BCUT2D eigenvalue weighted by atomic mass is 9.93. The maximum atomic E-state index is 12.5. The van der Waals surface area contributed by atoms with Crippen LogP contribution in [0.3, 0.4) is 0 Å². The van der Waals surface area contributed by atoms with Gasteiger partial charge in [0.25, 0.3) is 0 Å². The molecule has 1 saturated heterocycles. The van der Waals surface area contributed by atoms with E-state index in [2.05, 4.69) is 32.4 Å². The SMILES string of the molecule is CCCNc1cc(N2CCC[C@@H](CCC(=O)Nc3ccc4c(c3)OCCO4)C2)ncn1. The summed E-state index contributed by atoms with van der Waals surface area (Å²) in [5.41, 5.74) is 0.743. The van der Waals surface area contributed by atoms with Gasteiger partial charge >= 0.3 is 0 Å². The van der Waals surface area contributed by atoms with Gasteiger partial charge in [-0.05, 0) is 43.7 Å². The Morgan fingerprint density at radius 1 is 1.19 bits per heavy atom. The van der Waals surface area contributed by atoms with Crippen molar-refractivity contribution in [2.45, 2.75) is 39.0 Å². The van der Waals surface area contributed by atoms with E-state index in [1.165, 1.54) is 0 Å². The van der Waals surface area contributed by atoms with Crippen molar-refractivity contribution in [3.63, 3.8) is 0 Å². The number of aromatic nitrogens is 2. The summed E-state index contributed by atoms with van der Waals surface area (Å²) in [6.07, 6.45) is 6.28. The molecule has 0 unspecified atom stereocenters. The van der Waals surface area contributed by atoms with Gasteiger partial charge in [-0.3, -0.25) is 4.79 Å². The second kappa shape index (κ2) is 10.3. The average Bonchev–Trinajstić information content (AvgIpc) is 2.82. The normalized spacial score (nSPS) is 17.8. The first-order valence-corrected chi connectivity index (χ1v) is 11.2. The van der Waals surface area contributed by atoms with Crippen LogP contribution in [0.5, 0.6) is 11.5 Å².